The van der Waals surface area contributed by atoms with Crippen LogP contribution in [0.4, 0.5) is 4.39 Å². The monoisotopic (exact) mass is 540 g/mol. The van der Waals surface area contributed by atoms with Crippen LogP contribution >= 0.6 is 0 Å². The van der Waals surface area contributed by atoms with E-state index in [1.807, 2.05) is 66.7 Å². The molecule has 0 radical (unpaired) electrons. The predicted molar refractivity (Wildman–Crippen MR) is 151 cm³/mol. The van der Waals surface area contributed by atoms with Gasteiger partial charge in [0.15, 0.2) is 0 Å². The molecular weight excluding hydrogens is 507 g/mol. The SMILES string of the molecule is CCOC=O.Fc1ccc(Oc2ccc(OCc3ccccc3)cc2)c2c1C(Oc1ccc(C3CC3)cc1)CC2. The van der Waals surface area contributed by atoms with E-state index in [-0.39, 0.29) is 11.9 Å². The zero-order chi connectivity index (χ0) is 27.7. The molecule has 2 aliphatic rings. The van der Waals surface area contributed by atoms with E-state index in [0.717, 1.165) is 29.0 Å². The van der Waals surface area contributed by atoms with Gasteiger partial charge in [-0.1, -0.05) is 42.5 Å². The Bertz CT molecular complexity index is 1380. The highest BCUT2D eigenvalue weighted by Gasteiger charge is 2.31. The maximum absolute atomic E-state index is 14.9. The molecule has 0 aromatic heterocycles. The molecule has 1 saturated carbocycles. The van der Waals surface area contributed by atoms with Gasteiger partial charge in [0.2, 0.25) is 0 Å². The quantitative estimate of drug-likeness (QED) is 0.189. The van der Waals surface area contributed by atoms with Gasteiger partial charge in [-0.15, -0.1) is 0 Å². The van der Waals surface area contributed by atoms with Gasteiger partial charge in [0.25, 0.3) is 6.47 Å². The number of hydrogen-bond donors (Lipinski definition) is 0. The summed E-state index contributed by atoms with van der Waals surface area (Å²) < 4.78 is 37.3. The first kappa shape index (κ1) is 27.3. The summed E-state index contributed by atoms with van der Waals surface area (Å²) in [5, 5.41) is 0. The van der Waals surface area contributed by atoms with E-state index in [1.54, 1.807) is 13.0 Å². The molecule has 5 nitrogen and oxygen atoms in total. The first-order valence-electron chi connectivity index (χ1n) is 13.7. The summed E-state index contributed by atoms with van der Waals surface area (Å²) >= 11 is 0. The Morgan fingerprint density at radius 2 is 1.52 bits per heavy atom. The largest absolute Gasteiger partial charge is 0.489 e. The zero-order valence-corrected chi connectivity index (χ0v) is 22.6. The topological polar surface area (TPSA) is 54.0 Å². The third-order valence-corrected chi connectivity index (χ3v) is 6.98. The molecule has 206 valence electrons. The summed E-state index contributed by atoms with van der Waals surface area (Å²) in [5.74, 6) is 3.38. The van der Waals surface area contributed by atoms with Crippen LogP contribution in [-0.4, -0.2) is 13.1 Å². The van der Waals surface area contributed by atoms with E-state index < -0.39 is 0 Å². The van der Waals surface area contributed by atoms with Crippen molar-refractivity contribution in [3.63, 3.8) is 0 Å². The molecule has 1 atom stereocenters. The molecule has 1 fully saturated rings. The summed E-state index contributed by atoms with van der Waals surface area (Å²) in [4.78, 5) is 9.18. The van der Waals surface area contributed by atoms with Crippen LogP contribution in [0.1, 0.15) is 60.5 Å². The van der Waals surface area contributed by atoms with E-state index in [4.69, 9.17) is 14.2 Å². The van der Waals surface area contributed by atoms with E-state index in [1.165, 1.54) is 24.5 Å². The molecular formula is C34H33FO5. The molecule has 0 N–H and O–H groups in total. The number of benzene rings is 4. The van der Waals surface area contributed by atoms with Gasteiger partial charge in [0, 0.05) is 11.1 Å². The molecule has 0 bridgehead atoms. The summed E-state index contributed by atoms with van der Waals surface area (Å²) in [7, 11) is 0. The molecule has 0 heterocycles. The average Bonchev–Trinajstić information content (AvgIpc) is 3.76. The van der Waals surface area contributed by atoms with Gasteiger partial charge < -0.3 is 18.9 Å². The molecule has 6 heteroatoms. The van der Waals surface area contributed by atoms with E-state index >= 15 is 0 Å². The Labute approximate surface area is 234 Å². The molecule has 2 aliphatic carbocycles. The maximum atomic E-state index is 14.9. The average molecular weight is 541 g/mol. The van der Waals surface area contributed by atoms with E-state index in [0.29, 0.717) is 49.1 Å². The highest BCUT2D eigenvalue weighted by Crippen LogP contribution is 2.44. The Hall–Kier alpha value is -4.32. The standard InChI is InChI=1S/C31H27FO3.C3H6O2/c32-28-17-19-29(34-26-14-12-24(13-15-26)33-20-21-4-2-1-3-5-21)27-16-18-30(31(27)28)35-25-10-8-23(9-11-25)22-6-7-22;1-2-5-3-4/h1-5,8-15,17,19,22,30H,6-7,16,18,20H2;3H,2H2,1H3. The molecule has 0 amide bonds. The number of carbonyl (C=O) groups is 1. The Morgan fingerprint density at radius 3 is 2.17 bits per heavy atom. The minimum atomic E-state index is -0.311. The number of rotatable bonds is 10. The van der Waals surface area contributed by atoms with Crippen molar-refractivity contribution >= 4 is 6.47 Å². The van der Waals surface area contributed by atoms with Crippen LogP contribution in [0.25, 0.3) is 0 Å². The molecule has 0 aliphatic heterocycles. The third-order valence-electron chi connectivity index (χ3n) is 6.98. The summed E-state index contributed by atoms with van der Waals surface area (Å²) in [6.45, 7) is 3.18. The van der Waals surface area contributed by atoms with Crippen molar-refractivity contribution in [3.8, 4) is 23.0 Å². The van der Waals surface area contributed by atoms with Crippen LogP contribution < -0.4 is 14.2 Å². The third kappa shape index (κ3) is 7.00. The lowest BCUT2D eigenvalue weighted by atomic mass is 10.1. The van der Waals surface area contributed by atoms with Gasteiger partial charge >= 0.3 is 0 Å². The molecule has 4 aromatic carbocycles. The summed E-state index contributed by atoms with van der Waals surface area (Å²) in [6.07, 6.45) is 3.67. The van der Waals surface area contributed by atoms with Crippen molar-refractivity contribution < 1.29 is 28.1 Å². The minimum absolute atomic E-state index is 0.242. The highest BCUT2D eigenvalue weighted by atomic mass is 19.1. The first-order chi connectivity index (χ1) is 19.6. The van der Waals surface area contributed by atoms with Crippen LogP contribution in [0.3, 0.4) is 0 Å². The second kappa shape index (κ2) is 13.2. The lowest BCUT2D eigenvalue weighted by Crippen LogP contribution is -2.06. The van der Waals surface area contributed by atoms with E-state index in [9.17, 15) is 9.18 Å². The number of ether oxygens (including phenoxy) is 4. The normalized spacial score (nSPS) is 15.3. The van der Waals surface area contributed by atoms with Gasteiger partial charge in [0.1, 0.15) is 41.5 Å². The predicted octanol–water partition coefficient (Wildman–Crippen LogP) is 8.32. The van der Waals surface area contributed by atoms with Crippen LogP contribution in [0, 0.1) is 5.82 Å². The van der Waals surface area contributed by atoms with E-state index in [2.05, 4.69) is 16.9 Å². The van der Waals surface area contributed by atoms with Crippen molar-refractivity contribution in [1.82, 2.24) is 0 Å². The van der Waals surface area contributed by atoms with Crippen molar-refractivity contribution in [2.24, 2.45) is 0 Å². The maximum Gasteiger partial charge on any atom is 0.293 e. The van der Waals surface area contributed by atoms with Crippen molar-refractivity contribution in [3.05, 3.63) is 119 Å². The fourth-order valence-electron chi connectivity index (χ4n) is 4.79. The molecule has 40 heavy (non-hydrogen) atoms. The number of halogens is 1. The second-order valence-corrected chi connectivity index (χ2v) is 9.83. The van der Waals surface area contributed by atoms with Crippen molar-refractivity contribution in [2.75, 3.05) is 6.61 Å². The van der Waals surface area contributed by atoms with Crippen molar-refractivity contribution in [1.29, 1.82) is 0 Å². The second-order valence-electron chi connectivity index (χ2n) is 9.83. The Morgan fingerprint density at radius 1 is 0.825 bits per heavy atom. The van der Waals surface area contributed by atoms with Crippen LogP contribution in [0.2, 0.25) is 0 Å². The van der Waals surface area contributed by atoms with Gasteiger partial charge in [-0.25, -0.2) is 4.39 Å². The first-order valence-corrected chi connectivity index (χ1v) is 13.7. The zero-order valence-electron chi connectivity index (χ0n) is 22.6. The number of fused-ring (bicyclic) bond motifs is 1. The molecule has 1 unspecified atom stereocenters. The Balaban J connectivity index is 0.000000595. The highest BCUT2D eigenvalue weighted by molar-refractivity contribution is 5.48. The minimum Gasteiger partial charge on any atom is -0.489 e. The molecule has 6 rings (SSSR count). The van der Waals surface area contributed by atoms with Gasteiger partial charge in [-0.2, -0.15) is 0 Å². The van der Waals surface area contributed by atoms with Crippen LogP contribution in [0.5, 0.6) is 23.0 Å². The lowest BCUT2D eigenvalue weighted by molar-refractivity contribution is -0.128. The van der Waals surface area contributed by atoms with Crippen molar-refractivity contribution in [2.45, 2.75) is 51.2 Å². The number of hydrogen-bond acceptors (Lipinski definition) is 5. The fraction of sp³-hybridized carbons (Fsp3) is 0.265. The van der Waals surface area contributed by atoms with Gasteiger partial charge in [-0.05, 0) is 98.2 Å². The Kier molecular flexibility index (Phi) is 8.96. The summed E-state index contributed by atoms with van der Waals surface area (Å²) in [5.41, 5.74) is 3.97. The van der Waals surface area contributed by atoms with Crippen LogP contribution in [-0.2, 0) is 22.6 Å². The molecule has 4 aromatic rings. The van der Waals surface area contributed by atoms with Crippen LogP contribution in [0.15, 0.2) is 91.0 Å². The van der Waals surface area contributed by atoms with Gasteiger partial charge in [-0.3, -0.25) is 4.79 Å². The molecule has 0 saturated heterocycles. The fourth-order valence-corrected chi connectivity index (χ4v) is 4.79. The summed E-state index contributed by atoms with van der Waals surface area (Å²) in [6, 6.07) is 29.0. The van der Waals surface area contributed by atoms with Gasteiger partial charge in [0.05, 0.1) is 6.61 Å². The smallest absolute Gasteiger partial charge is 0.293 e. The number of carbonyl (C=O) groups excluding carboxylic acids is 1. The molecule has 0 spiro atoms. The lowest BCUT2D eigenvalue weighted by Gasteiger charge is -2.17.